The number of nitro groups is 1. The minimum absolute atomic E-state index is 0.160. The average Bonchev–Trinajstić information content (AvgIpc) is 2.47. The zero-order valence-electron chi connectivity index (χ0n) is 11.1. The average molecular weight is 285 g/mol. The lowest BCUT2D eigenvalue weighted by Crippen LogP contribution is -2.41. The zero-order valence-corrected chi connectivity index (χ0v) is 11.9. The van der Waals surface area contributed by atoms with Gasteiger partial charge in [-0.1, -0.05) is 11.6 Å². The van der Waals surface area contributed by atoms with Crippen molar-refractivity contribution in [2.75, 3.05) is 0 Å². The minimum Gasteiger partial charge on any atom is -0.398 e. The van der Waals surface area contributed by atoms with E-state index >= 15 is 0 Å². The molecule has 0 unspecified atom stereocenters. The van der Waals surface area contributed by atoms with Crippen molar-refractivity contribution >= 4 is 30.0 Å². The molecule has 8 heteroatoms. The maximum atomic E-state index is 10.6. The van der Waals surface area contributed by atoms with Crippen LogP contribution < -0.4 is 5.59 Å². The minimum atomic E-state index is -0.724. The van der Waals surface area contributed by atoms with Crippen LogP contribution in [0.15, 0.2) is 12.3 Å². The molecule has 1 fully saturated rings. The first-order valence-electron chi connectivity index (χ1n) is 5.79. The van der Waals surface area contributed by atoms with E-state index in [1.54, 1.807) is 0 Å². The second-order valence-corrected chi connectivity index (χ2v) is 5.81. The molecule has 0 N–H and O–H groups in total. The number of hydrogen-bond acceptors (Lipinski definition) is 5. The van der Waals surface area contributed by atoms with E-state index in [9.17, 15) is 10.1 Å². The lowest BCUT2D eigenvalue weighted by Gasteiger charge is -2.32. The van der Waals surface area contributed by atoms with E-state index in [-0.39, 0.29) is 10.7 Å². The van der Waals surface area contributed by atoms with Gasteiger partial charge in [-0.05, 0) is 27.7 Å². The predicted molar refractivity (Wildman–Crippen MR) is 71.6 cm³/mol. The quantitative estimate of drug-likeness (QED) is 0.471. The molecule has 1 saturated heterocycles. The van der Waals surface area contributed by atoms with Gasteiger partial charge in [0.2, 0.25) is 0 Å². The maximum Gasteiger partial charge on any atom is 0.516 e. The number of rotatable bonds is 2. The summed E-state index contributed by atoms with van der Waals surface area (Å²) in [6.07, 6.45) is 1.15. The van der Waals surface area contributed by atoms with Crippen molar-refractivity contribution in [3.63, 3.8) is 0 Å². The van der Waals surface area contributed by atoms with E-state index in [0.717, 1.165) is 6.20 Å². The van der Waals surface area contributed by atoms with Gasteiger partial charge >= 0.3 is 7.12 Å². The number of pyridine rings is 1. The van der Waals surface area contributed by atoms with Crippen LogP contribution in [0.1, 0.15) is 27.7 Å². The van der Waals surface area contributed by atoms with Crippen molar-refractivity contribution in [3.05, 3.63) is 27.4 Å². The van der Waals surface area contributed by atoms with Crippen molar-refractivity contribution in [1.82, 2.24) is 4.98 Å². The second-order valence-electron chi connectivity index (χ2n) is 5.41. The van der Waals surface area contributed by atoms with E-state index in [0.29, 0.717) is 5.59 Å². The summed E-state index contributed by atoms with van der Waals surface area (Å²) in [7, 11) is -0.724. The molecular weight excluding hydrogens is 270 g/mol. The molecule has 0 saturated carbocycles. The van der Waals surface area contributed by atoms with Crippen molar-refractivity contribution in [1.29, 1.82) is 0 Å². The first-order valence-corrected chi connectivity index (χ1v) is 6.17. The molecule has 1 aromatic rings. The van der Waals surface area contributed by atoms with Gasteiger partial charge in [0.15, 0.2) is 0 Å². The highest BCUT2D eigenvalue weighted by molar-refractivity contribution is 6.64. The van der Waals surface area contributed by atoms with Crippen molar-refractivity contribution in [2.45, 2.75) is 38.9 Å². The highest BCUT2D eigenvalue weighted by atomic mass is 35.5. The van der Waals surface area contributed by atoms with Gasteiger partial charge < -0.3 is 9.31 Å². The monoisotopic (exact) mass is 284 g/mol. The third-order valence-electron chi connectivity index (χ3n) is 3.54. The van der Waals surface area contributed by atoms with Crippen molar-refractivity contribution in [2.24, 2.45) is 0 Å². The molecule has 1 aliphatic heterocycles. The van der Waals surface area contributed by atoms with Crippen LogP contribution in [0.4, 0.5) is 5.69 Å². The molecule has 0 aliphatic carbocycles. The molecule has 2 heterocycles. The number of hydrogen-bond donors (Lipinski definition) is 0. The largest absolute Gasteiger partial charge is 0.516 e. The molecule has 0 atom stereocenters. The molecule has 0 radical (unpaired) electrons. The Hall–Kier alpha value is -1.18. The number of aromatic nitrogens is 1. The van der Waals surface area contributed by atoms with Gasteiger partial charge in [-0.15, -0.1) is 0 Å². The summed E-state index contributed by atoms with van der Waals surface area (Å²) in [5, 5.41) is 10.8. The van der Waals surface area contributed by atoms with Gasteiger partial charge in [-0.2, -0.15) is 0 Å². The van der Waals surface area contributed by atoms with Crippen LogP contribution in [-0.4, -0.2) is 28.2 Å². The van der Waals surface area contributed by atoms with Crippen LogP contribution in [0.25, 0.3) is 0 Å². The molecule has 6 nitrogen and oxygen atoms in total. The standard InChI is InChI=1S/C11H14BClN2O4/c1-10(2)11(3,4)19-12(18-10)9-8(13)5-7(6-14-9)15(16)17/h5-6H,1-4H3. The van der Waals surface area contributed by atoms with Gasteiger partial charge in [-0.3, -0.25) is 15.1 Å². The van der Waals surface area contributed by atoms with E-state index in [2.05, 4.69) is 4.98 Å². The topological polar surface area (TPSA) is 74.5 Å². The molecule has 102 valence electrons. The first-order chi connectivity index (χ1) is 8.64. The van der Waals surface area contributed by atoms with Crippen LogP contribution in [0, 0.1) is 10.1 Å². The van der Waals surface area contributed by atoms with E-state index in [4.69, 9.17) is 20.9 Å². The first kappa shape index (κ1) is 14.2. The van der Waals surface area contributed by atoms with Crippen LogP contribution >= 0.6 is 11.6 Å². The third-order valence-corrected chi connectivity index (χ3v) is 3.85. The van der Waals surface area contributed by atoms with Gasteiger partial charge in [0.05, 0.1) is 26.7 Å². The Labute approximate surface area is 116 Å². The molecular formula is C11H14BClN2O4. The highest BCUT2D eigenvalue weighted by Crippen LogP contribution is 2.36. The molecule has 0 aromatic carbocycles. The summed E-state index contributed by atoms with van der Waals surface area (Å²) < 4.78 is 11.6. The Morgan fingerprint density at radius 2 is 1.84 bits per heavy atom. The van der Waals surface area contributed by atoms with E-state index < -0.39 is 23.2 Å². The Bertz CT molecular complexity index is 519. The van der Waals surface area contributed by atoms with Crippen LogP contribution in [0.3, 0.4) is 0 Å². The Kier molecular flexibility index (Phi) is 3.32. The second kappa shape index (κ2) is 4.43. The van der Waals surface area contributed by atoms with Crippen LogP contribution in [0.2, 0.25) is 5.02 Å². The smallest absolute Gasteiger partial charge is 0.398 e. The normalized spacial score (nSPS) is 20.6. The third kappa shape index (κ3) is 2.45. The molecule has 0 bridgehead atoms. The fourth-order valence-electron chi connectivity index (χ4n) is 1.67. The summed E-state index contributed by atoms with van der Waals surface area (Å²) in [5.41, 5.74) is -0.828. The van der Waals surface area contributed by atoms with Crippen molar-refractivity contribution < 1.29 is 14.2 Å². The van der Waals surface area contributed by atoms with Gasteiger partial charge in [0, 0.05) is 6.07 Å². The Balaban J connectivity index is 2.33. The summed E-state index contributed by atoms with van der Waals surface area (Å²) in [6, 6.07) is 1.24. The van der Waals surface area contributed by atoms with E-state index in [1.165, 1.54) is 6.07 Å². The molecule has 0 spiro atoms. The molecule has 1 aliphatic rings. The lowest BCUT2D eigenvalue weighted by molar-refractivity contribution is -0.385. The molecule has 0 amide bonds. The molecule has 1 aromatic heterocycles. The summed E-state index contributed by atoms with van der Waals surface area (Å²) in [6.45, 7) is 7.64. The van der Waals surface area contributed by atoms with Crippen LogP contribution in [0.5, 0.6) is 0 Å². The predicted octanol–water partition coefficient (Wildman–Crippen LogP) is 1.94. The fourth-order valence-corrected chi connectivity index (χ4v) is 1.92. The highest BCUT2D eigenvalue weighted by Gasteiger charge is 2.53. The van der Waals surface area contributed by atoms with Crippen molar-refractivity contribution in [3.8, 4) is 0 Å². The fraction of sp³-hybridized carbons (Fsp3) is 0.545. The van der Waals surface area contributed by atoms with Gasteiger partial charge in [0.1, 0.15) is 6.20 Å². The molecule has 2 rings (SSSR count). The Morgan fingerprint density at radius 3 is 2.26 bits per heavy atom. The van der Waals surface area contributed by atoms with E-state index in [1.807, 2.05) is 27.7 Å². The molecule has 19 heavy (non-hydrogen) atoms. The van der Waals surface area contributed by atoms with Crippen LogP contribution in [-0.2, 0) is 9.31 Å². The number of nitrogens with zero attached hydrogens (tertiary/aromatic N) is 2. The summed E-state index contributed by atoms with van der Waals surface area (Å²) in [4.78, 5) is 14.1. The Morgan fingerprint density at radius 1 is 1.32 bits per heavy atom. The maximum absolute atomic E-state index is 10.6. The van der Waals surface area contributed by atoms with Gasteiger partial charge in [-0.25, -0.2) is 0 Å². The van der Waals surface area contributed by atoms with Gasteiger partial charge in [0.25, 0.3) is 5.69 Å². The summed E-state index contributed by atoms with van der Waals surface area (Å²) >= 11 is 6.01. The zero-order chi connectivity index (χ0) is 14.4. The summed E-state index contributed by atoms with van der Waals surface area (Å²) in [5.74, 6) is 0. The number of halogens is 1. The SMILES string of the molecule is CC1(C)OB(c2ncc([N+](=O)[O-])cc2Cl)OC1(C)C. The lowest BCUT2D eigenvalue weighted by atomic mass is 9.84.